The van der Waals surface area contributed by atoms with E-state index in [9.17, 15) is 0 Å². The highest BCUT2D eigenvalue weighted by molar-refractivity contribution is 4.81. The van der Waals surface area contributed by atoms with Crippen LogP contribution in [-0.2, 0) is 0 Å². The van der Waals surface area contributed by atoms with Crippen LogP contribution in [0.4, 0.5) is 0 Å². The summed E-state index contributed by atoms with van der Waals surface area (Å²) in [5.74, 6) is 0. The first-order valence-corrected chi connectivity index (χ1v) is 6.72. The van der Waals surface area contributed by atoms with Crippen LogP contribution in [0.15, 0.2) is 0 Å². The van der Waals surface area contributed by atoms with Gasteiger partial charge in [-0.15, -0.1) is 0 Å². The van der Waals surface area contributed by atoms with Crippen molar-refractivity contribution in [1.29, 1.82) is 0 Å². The van der Waals surface area contributed by atoms with Crippen molar-refractivity contribution in [3.05, 3.63) is 0 Å². The first kappa shape index (κ1) is 13.9. The van der Waals surface area contributed by atoms with E-state index in [1.807, 2.05) is 0 Å². The number of hydrogen-bond acceptors (Lipinski definition) is 3. The summed E-state index contributed by atoms with van der Waals surface area (Å²) in [4.78, 5) is 5.19. The Bertz CT molecular complexity index is 190. The maximum Gasteiger partial charge on any atom is 0.0198 e. The van der Waals surface area contributed by atoms with Gasteiger partial charge in [-0.3, -0.25) is 9.80 Å². The molecule has 1 aliphatic rings. The summed E-state index contributed by atoms with van der Waals surface area (Å²) in [6.07, 6.45) is 0. The molecule has 1 N–H and O–H groups in total. The predicted octanol–water partition coefficient (Wildman–Crippen LogP) is 1.40. The molecule has 96 valence electrons. The molecule has 1 aliphatic heterocycles. The van der Waals surface area contributed by atoms with Crippen LogP contribution in [0.25, 0.3) is 0 Å². The van der Waals surface area contributed by atoms with Gasteiger partial charge in [0.15, 0.2) is 0 Å². The molecular formula is C13H29N3. The van der Waals surface area contributed by atoms with Crippen LogP contribution in [-0.4, -0.2) is 60.6 Å². The van der Waals surface area contributed by atoms with Gasteiger partial charge in [-0.1, -0.05) is 13.8 Å². The molecule has 1 rings (SSSR count). The van der Waals surface area contributed by atoms with Crippen molar-refractivity contribution in [2.45, 2.75) is 52.7 Å². The monoisotopic (exact) mass is 227 g/mol. The van der Waals surface area contributed by atoms with Crippen LogP contribution >= 0.6 is 0 Å². The Balaban J connectivity index is 2.23. The minimum Gasteiger partial charge on any atom is -0.313 e. The normalized spacial score (nSPS) is 24.6. The molecule has 1 fully saturated rings. The summed E-state index contributed by atoms with van der Waals surface area (Å²) in [6.45, 7) is 17.3. The van der Waals surface area contributed by atoms with Gasteiger partial charge in [-0.05, 0) is 20.8 Å². The number of rotatable bonds is 5. The Labute approximate surface area is 101 Å². The van der Waals surface area contributed by atoms with E-state index in [2.05, 4.69) is 49.7 Å². The fourth-order valence-corrected chi connectivity index (χ4v) is 2.53. The summed E-state index contributed by atoms with van der Waals surface area (Å²) in [7, 11) is 0. The van der Waals surface area contributed by atoms with Gasteiger partial charge in [0.25, 0.3) is 0 Å². The second-order valence-electron chi connectivity index (χ2n) is 5.59. The fourth-order valence-electron chi connectivity index (χ4n) is 2.53. The Morgan fingerprint density at radius 2 is 1.88 bits per heavy atom. The maximum atomic E-state index is 3.49. The molecule has 0 spiro atoms. The van der Waals surface area contributed by atoms with Gasteiger partial charge in [0, 0.05) is 50.8 Å². The molecule has 0 aromatic rings. The Morgan fingerprint density at radius 3 is 2.38 bits per heavy atom. The van der Waals surface area contributed by atoms with Crippen molar-refractivity contribution in [2.24, 2.45) is 0 Å². The zero-order valence-corrected chi connectivity index (χ0v) is 11.7. The highest BCUT2D eigenvalue weighted by Crippen LogP contribution is 2.12. The average molecular weight is 227 g/mol. The van der Waals surface area contributed by atoms with Crippen molar-refractivity contribution in [2.75, 3.05) is 32.7 Å². The van der Waals surface area contributed by atoms with Crippen molar-refractivity contribution in [1.82, 2.24) is 15.1 Å². The molecular weight excluding hydrogens is 198 g/mol. The van der Waals surface area contributed by atoms with Crippen LogP contribution < -0.4 is 5.32 Å². The molecule has 0 saturated carbocycles. The standard InChI is InChI=1S/C13H29N3/c1-11(2)14-6-7-15-8-9-16(12(3)4)13(5)10-15/h11-14H,6-10H2,1-5H3/t13-/m0/s1. The molecule has 0 bridgehead atoms. The summed E-state index contributed by atoms with van der Waals surface area (Å²) >= 11 is 0. The van der Waals surface area contributed by atoms with Crippen LogP contribution in [0.5, 0.6) is 0 Å². The predicted molar refractivity (Wildman–Crippen MR) is 70.9 cm³/mol. The quantitative estimate of drug-likeness (QED) is 0.766. The Hall–Kier alpha value is -0.120. The lowest BCUT2D eigenvalue weighted by Gasteiger charge is -2.42. The van der Waals surface area contributed by atoms with Crippen LogP contribution in [0.2, 0.25) is 0 Å². The summed E-state index contributed by atoms with van der Waals surface area (Å²) in [5.41, 5.74) is 0. The number of nitrogens with one attached hydrogen (secondary N) is 1. The van der Waals surface area contributed by atoms with E-state index >= 15 is 0 Å². The van der Waals surface area contributed by atoms with Gasteiger partial charge in [0.05, 0.1) is 0 Å². The maximum absolute atomic E-state index is 3.49. The summed E-state index contributed by atoms with van der Waals surface area (Å²) in [5, 5.41) is 3.49. The molecule has 1 atom stereocenters. The first-order chi connectivity index (χ1) is 7.50. The fraction of sp³-hybridized carbons (Fsp3) is 1.00. The van der Waals surface area contributed by atoms with Gasteiger partial charge < -0.3 is 5.32 Å². The van der Waals surface area contributed by atoms with E-state index in [4.69, 9.17) is 0 Å². The summed E-state index contributed by atoms with van der Waals surface area (Å²) < 4.78 is 0. The minimum absolute atomic E-state index is 0.606. The third-order valence-electron chi connectivity index (χ3n) is 3.41. The van der Waals surface area contributed by atoms with Gasteiger partial charge in [0.2, 0.25) is 0 Å². The van der Waals surface area contributed by atoms with E-state index in [1.165, 1.54) is 26.2 Å². The summed E-state index contributed by atoms with van der Waals surface area (Å²) in [6, 6.07) is 1.99. The number of nitrogens with zero attached hydrogens (tertiary/aromatic N) is 2. The molecule has 0 aromatic heterocycles. The Kier molecular flexibility index (Phi) is 5.73. The molecule has 0 amide bonds. The number of hydrogen-bond donors (Lipinski definition) is 1. The molecule has 1 heterocycles. The third-order valence-corrected chi connectivity index (χ3v) is 3.41. The van der Waals surface area contributed by atoms with Crippen LogP contribution in [0.1, 0.15) is 34.6 Å². The lowest BCUT2D eigenvalue weighted by Crippen LogP contribution is -2.55. The molecule has 3 heteroatoms. The van der Waals surface area contributed by atoms with Crippen molar-refractivity contribution >= 4 is 0 Å². The molecule has 3 nitrogen and oxygen atoms in total. The van der Waals surface area contributed by atoms with E-state index in [0.717, 1.165) is 6.54 Å². The van der Waals surface area contributed by atoms with Gasteiger partial charge in [-0.2, -0.15) is 0 Å². The van der Waals surface area contributed by atoms with Crippen molar-refractivity contribution in [3.8, 4) is 0 Å². The first-order valence-electron chi connectivity index (χ1n) is 6.72. The van der Waals surface area contributed by atoms with E-state index in [0.29, 0.717) is 18.1 Å². The number of piperazine rings is 1. The zero-order valence-electron chi connectivity index (χ0n) is 11.7. The van der Waals surface area contributed by atoms with E-state index < -0.39 is 0 Å². The lowest BCUT2D eigenvalue weighted by atomic mass is 10.1. The lowest BCUT2D eigenvalue weighted by molar-refractivity contribution is 0.0607. The highest BCUT2D eigenvalue weighted by Gasteiger charge is 2.24. The van der Waals surface area contributed by atoms with E-state index in [1.54, 1.807) is 0 Å². The van der Waals surface area contributed by atoms with Crippen molar-refractivity contribution < 1.29 is 0 Å². The smallest absolute Gasteiger partial charge is 0.0198 e. The van der Waals surface area contributed by atoms with Crippen LogP contribution in [0, 0.1) is 0 Å². The third kappa shape index (κ3) is 4.40. The molecule has 0 unspecified atom stereocenters. The largest absolute Gasteiger partial charge is 0.313 e. The molecule has 1 saturated heterocycles. The molecule has 0 aromatic carbocycles. The van der Waals surface area contributed by atoms with Crippen LogP contribution in [0.3, 0.4) is 0 Å². The van der Waals surface area contributed by atoms with Gasteiger partial charge in [-0.25, -0.2) is 0 Å². The minimum atomic E-state index is 0.606. The zero-order chi connectivity index (χ0) is 12.1. The second kappa shape index (κ2) is 6.58. The molecule has 16 heavy (non-hydrogen) atoms. The van der Waals surface area contributed by atoms with Gasteiger partial charge in [0.1, 0.15) is 0 Å². The molecule has 0 radical (unpaired) electrons. The molecule has 0 aliphatic carbocycles. The topological polar surface area (TPSA) is 18.5 Å². The second-order valence-corrected chi connectivity index (χ2v) is 5.59. The van der Waals surface area contributed by atoms with Gasteiger partial charge >= 0.3 is 0 Å². The highest BCUT2D eigenvalue weighted by atomic mass is 15.3. The van der Waals surface area contributed by atoms with Crippen molar-refractivity contribution in [3.63, 3.8) is 0 Å². The van der Waals surface area contributed by atoms with E-state index in [-0.39, 0.29) is 0 Å². The average Bonchev–Trinajstić information content (AvgIpc) is 2.16. The SMILES string of the molecule is CC(C)NCCN1CCN(C(C)C)[C@@H](C)C1. The Morgan fingerprint density at radius 1 is 1.19 bits per heavy atom.